The molecule has 0 aromatic carbocycles. The van der Waals surface area contributed by atoms with E-state index >= 15 is 0 Å². The molecule has 0 saturated carbocycles. The summed E-state index contributed by atoms with van der Waals surface area (Å²) in [5.41, 5.74) is 0.245. The highest BCUT2D eigenvalue weighted by atomic mass is 16.5. The molecule has 0 aliphatic rings. The van der Waals surface area contributed by atoms with Gasteiger partial charge in [-0.25, -0.2) is 0 Å². The standard InChI is InChI=1S/C16H30O4/c1-6-10-19-14(17)8-7-9-15(18)20-12-13(2)11-16(3,4)5/h13H,6-12H2,1-5H3. The molecule has 0 heterocycles. The molecule has 0 radical (unpaired) electrons. The summed E-state index contributed by atoms with van der Waals surface area (Å²) in [6.45, 7) is 11.5. The molecule has 0 fully saturated rings. The van der Waals surface area contributed by atoms with Crippen molar-refractivity contribution in [2.45, 2.75) is 66.7 Å². The first kappa shape index (κ1) is 18.9. The van der Waals surface area contributed by atoms with Crippen molar-refractivity contribution in [1.82, 2.24) is 0 Å². The molecule has 0 N–H and O–H groups in total. The smallest absolute Gasteiger partial charge is 0.305 e. The Balaban J connectivity index is 3.66. The molecule has 0 aromatic rings. The van der Waals surface area contributed by atoms with Crippen molar-refractivity contribution >= 4 is 11.9 Å². The molecular formula is C16H30O4. The fourth-order valence-corrected chi connectivity index (χ4v) is 2.08. The number of ether oxygens (including phenoxy) is 2. The van der Waals surface area contributed by atoms with E-state index in [1.165, 1.54) is 0 Å². The van der Waals surface area contributed by atoms with Crippen molar-refractivity contribution in [3.05, 3.63) is 0 Å². The Hall–Kier alpha value is -1.06. The van der Waals surface area contributed by atoms with Crippen molar-refractivity contribution in [1.29, 1.82) is 0 Å². The molecule has 0 aliphatic heterocycles. The lowest BCUT2D eigenvalue weighted by Gasteiger charge is -2.22. The molecule has 0 rings (SSSR count). The first-order valence-corrected chi connectivity index (χ1v) is 7.56. The van der Waals surface area contributed by atoms with E-state index in [-0.39, 0.29) is 30.2 Å². The lowest BCUT2D eigenvalue weighted by atomic mass is 9.86. The summed E-state index contributed by atoms with van der Waals surface area (Å²) in [7, 11) is 0. The Kier molecular flexibility index (Phi) is 9.26. The van der Waals surface area contributed by atoms with Gasteiger partial charge >= 0.3 is 11.9 Å². The van der Waals surface area contributed by atoms with Gasteiger partial charge in [-0.2, -0.15) is 0 Å². The van der Waals surface area contributed by atoms with E-state index in [0.717, 1.165) is 12.8 Å². The van der Waals surface area contributed by atoms with Crippen molar-refractivity contribution in [2.24, 2.45) is 11.3 Å². The number of esters is 2. The molecule has 1 unspecified atom stereocenters. The quantitative estimate of drug-likeness (QED) is 0.606. The molecule has 20 heavy (non-hydrogen) atoms. The molecular weight excluding hydrogens is 256 g/mol. The average Bonchev–Trinajstić information content (AvgIpc) is 2.31. The molecule has 0 aromatic heterocycles. The number of hydrogen-bond acceptors (Lipinski definition) is 4. The van der Waals surface area contributed by atoms with Crippen LogP contribution >= 0.6 is 0 Å². The van der Waals surface area contributed by atoms with Gasteiger partial charge in [0.1, 0.15) is 0 Å². The largest absolute Gasteiger partial charge is 0.466 e. The monoisotopic (exact) mass is 286 g/mol. The second-order valence-corrected chi connectivity index (χ2v) is 6.63. The topological polar surface area (TPSA) is 52.6 Å². The van der Waals surface area contributed by atoms with Crippen LogP contribution in [0.2, 0.25) is 0 Å². The first-order valence-electron chi connectivity index (χ1n) is 7.56. The van der Waals surface area contributed by atoms with E-state index in [1.54, 1.807) is 0 Å². The van der Waals surface area contributed by atoms with E-state index in [0.29, 0.717) is 25.6 Å². The van der Waals surface area contributed by atoms with Crippen molar-refractivity contribution < 1.29 is 19.1 Å². The highest BCUT2D eigenvalue weighted by Gasteiger charge is 2.16. The molecule has 118 valence electrons. The summed E-state index contributed by atoms with van der Waals surface area (Å²) in [6, 6.07) is 0. The maximum Gasteiger partial charge on any atom is 0.305 e. The van der Waals surface area contributed by atoms with E-state index in [2.05, 4.69) is 27.7 Å². The highest BCUT2D eigenvalue weighted by molar-refractivity contribution is 5.72. The lowest BCUT2D eigenvalue weighted by Crippen LogP contribution is -2.17. The summed E-state index contributed by atoms with van der Waals surface area (Å²) in [4.78, 5) is 22.8. The van der Waals surface area contributed by atoms with Gasteiger partial charge < -0.3 is 9.47 Å². The third-order valence-electron chi connectivity index (χ3n) is 2.72. The summed E-state index contributed by atoms with van der Waals surface area (Å²) >= 11 is 0. The number of carbonyl (C=O) groups excluding carboxylic acids is 2. The van der Waals surface area contributed by atoms with Crippen molar-refractivity contribution in [2.75, 3.05) is 13.2 Å². The fraction of sp³-hybridized carbons (Fsp3) is 0.875. The third kappa shape index (κ3) is 12.0. The van der Waals surface area contributed by atoms with Gasteiger partial charge in [0, 0.05) is 12.8 Å². The zero-order valence-electron chi connectivity index (χ0n) is 13.7. The van der Waals surface area contributed by atoms with E-state index in [4.69, 9.17) is 9.47 Å². The fourth-order valence-electron chi connectivity index (χ4n) is 2.08. The molecule has 4 heteroatoms. The van der Waals surface area contributed by atoms with Crippen LogP contribution < -0.4 is 0 Å². The lowest BCUT2D eigenvalue weighted by molar-refractivity contribution is -0.146. The zero-order valence-corrected chi connectivity index (χ0v) is 13.7. The van der Waals surface area contributed by atoms with Gasteiger partial charge in [-0.15, -0.1) is 0 Å². The minimum Gasteiger partial charge on any atom is -0.466 e. The Morgan fingerprint density at radius 3 is 2.10 bits per heavy atom. The summed E-state index contributed by atoms with van der Waals surface area (Å²) in [6.07, 6.45) is 2.90. The van der Waals surface area contributed by atoms with Gasteiger partial charge in [-0.1, -0.05) is 34.6 Å². The first-order chi connectivity index (χ1) is 9.24. The molecule has 0 aliphatic carbocycles. The van der Waals surface area contributed by atoms with Crippen molar-refractivity contribution in [3.63, 3.8) is 0 Å². The SMILES string of the molecule is CCCOC(=O)CCCC(=O)OCC(C)CC(C)(C)C. The van der Waals surface area contributed by atoms with Gasteiger partial charge in [-0.3, -0.25) is 9.59 Å². The normalized spacial score (nSPS) is 12.8. The van der Waals surface area contributed by atoms with Crippen LogP contribution in [-0.4, -0.2) is 25.2 Å². The predicted octanol–water partition coefficient (Wildman–Crippen LogP) is 3.73. The van der Waals surface area contributed by atoms with Gasteiger partial charge in [-0.05, 0) is 30.6 Å². The minimum atomic E-state index is -0.235. The minimum absolute atomic E-state index is 0.228. The number of carbonyl (C=O) groups is 2. The summed E-state index contributed by atoms with van der Waals surface area (Å²) in [5.74, 6) is -0.108. The van der Waals surface area contributed by atoms with E-state index in [1.807, 2.05) is 6.92 Å². The Morgan fingerprint density at radius 1 is 1.05 bits per heavy atom. The maximum atomic E-state index is 11.5. The second kappa shape index (κ2) is 9.78. The Bertz CT molecular complexity index is 291. The third-order valence-corrected chi connectivity index (χ3v) is 2.72. The molecule has 4 nitrogen and oxygen atoms in total. The van der Waals surface area contributed by atoms with Crippen LogP contribution in [0.15, 0.2) is 0 Å². The molecule has 1 atom stereocenters. The average molecular weight is 286 g/mol. The van der Waals surface area contributed by atoms with Crippen LogP contribution in [-0.2, 0) is 19.1 Å². The molecule has 0 bridgehead atoms. The van der Waals surface area contributed by atoms with Crippen molar-refractivity contribution in [3.8, 4) is 0 Å². The van der Waals surface area contributed by atoms with Crippen LogP contribution in [0.25, 0.3) is 0 Å². The van der Waals surface area contributed by atoms with Crippen LogP contribution in [0, 0.1) is 11.3 Å². The summed E-state index contributed by atoms with van der Waals surface area (Å²) < 4.78 is 10.2. The van der Waals surface area contributed by atoms with E-state index < -0.39 is 0 Å². The number of rotatable bonds is 9. The molecule has 0 amide bonds. The van der Waals surface area contributed by atoms with Gasteiger partial charge in [0.05, 0.1) is 13.2 Å². The van der Waals surface area contributed by atoms with Crippen LogP contribution in [0.4, 0.5) is 0 Å². The Morgan fingerprint density at radius 2 is 1.60 bits per heavy atom. The maximum absolute atomic E-state index is 11.5. The molecule has 0 saturated heterocycles. The zero-order chi connectivity index (χ0) is 15.6. The highest BCUT2D eigenvalue weighted by Crippen LogP contribution is 2.24. The van der Waals surface area contributed by atoms with Crippen LogP contribution in [0.5, 0.6) is 0 Å². The number of hydrogen-bond donors (Lipinski definition) is 0. The van der Waals surface area contributed by atoms with Gasteiger partial charge in [0.2, 0.25) is 0 Å². The Labute approximate surface area is 123 Å². The second-order valence-electron chi connectivity index (χ2n) is 6.63. The molecule has 0 spiro atoms. The van der Waals surface area contributed by atoms with E-state index in [9.17, 15) is 9.59 Å². The summed E-state index contributed by atoms with van der Waals surface area (Å²) in [5, 5.41) is 0. The van der Waals surface area contributed by atoms with Crippen LogP contribution in [0.3, 0.4) is 0 Å². The predicted molar refractivity (Wildman–Crippen MR) is 79.3 cm³/mol. The van der Waals surface area contributed by atoms with Gasteiger partial charge in [0.25, 0.3) is 0 Å². The van der Waals surface area contributed by atoms with Crippen LogP contribution in [0.1, 0.15) is 66.7 Å². The van der Waals surface area contributed by atoms with Gasteiger partial charge in [0.15, 0.2) is 0 Å².